The largest absolute Gasteiger partial charge is 0.488 e. The number of nitrogens with zero attached hydrogens (tertiary/aromatic N) is 3. The summed E-state index contributed by atoms with van der Waals surface area (Å²) < 4.78 is 6.04. The van der Waals surface area contributed by atoms with Crippen LogP contribution in [0, 0.1) is 29.6 Å². The van der Waals surface area contributed by atoms with E-state index in [4.69, 9.17) is 15.6 Å². The van der Waals surface area contributed by atoms with Crippen molar-refractivity contribution in [2.75, 3.05) is 5.73 Å². The summed E-state index contributed by atoms with van der Waals surface area (Å²) in [6, 6.07) is 18.3. The molecule has 3 aromatic rings. The van der Waals surface area contributed by atoms with Gasteiger partial charge >= 0.3 is 5.97 Å². The molecule has 0 saturated heterocycles. The number of anilines is 1. The Labute approximate surface area is 196 Å². The maximum atomic E-state index is 11.1. The summed E-state index contributed by atoms with van der Waals surface area (Å²) in [4.78, 5) is 15.4. The predicted molar refractivity (Wildman–Crippen MR) is 128 cm³/mol. The normalized spacial score (nSPS) is 13.4. The van der Waals surface area contributed by atoms with E-state index in [1.165, 1.54) is 12.1 Å². The fourth-order valence-corrected chi connectivity index (χ4v) is 3.99. The number of aromatic carboxylic acids is 1. The molecule has 3 N–H and O–H groups in total. The molecule has 0 fully saturated rings. The highest BCUT2D eigenvalue weighted by atomic mass is 16.5. The van der Waals surface area contributed by atoms with Gasteiger partial charge < -0.3 is 15.6 Å². The number of carboxylic acid groups (broad SMARTS) is 1. The predicted octanol–water partition coefficient (Wildman–Crippen LogP) is 4.97. The van der Waals surface area contributed by atoms with Crippen molar-refractivity contribution in [3.8, 4) is 17.9 Å². The lowest BCUT2D eigenvalue weighted by Gasteiger charge is -2.13. The molecule has 1 aliphatic carbocycles. The van der Waals surface area contributed by atoms with Gasteiger partial charge in [0.25, 0.3) is 0 Å². The van der Waals surface area contributed by atoms with E-state index in [-0.39, 0.29) is 18.0 Å². The van der Waals surface area contributed by atoms with Gasteiger partial charge in [0.05, 0.1) is 22.4 Å². The van der Waals surface area contributed by atoms with Crippen molar-refractivity contribution in [1.82, 2.24) is 4.98 Å². The van der Waals surface area contributed by atoms with E-state index in [1.807, 2.05) is 37.3 Å². The molecule has 0 atom stereocenters. The van der Waals surface area contributed by atoms with Gasteiger partial charge in [0, 0.05) is 11.1 Å². The number of para-hydroxylation sites is 1. The highest BCUT2D eigenvalue weighted by molar-refractivity contribution is 6.09. The fraction of sp³-hybridized carbons (Fsp3) is 0.111. The van der Waals surface area contributed by atoms with E-state index >= 15 is 0 Å². The highest BCUT2D eigenvalue weighted by Gasteiger charge is 2.29. The van der Waals surface area contributed by atoms with E-state index in [0.717, 1.165) is 27.8 Å². The van der Waals surface area contributed by atoms with Gasteiger partial charge in [-0.3, -0.25) is 0 Å². The Balaban J connectivity index is 1.74. The van der Waals surface area contributed by atoms with Crippen LogP contribution in [-0.4, -0.2) is 16.1 Å². The molecule has 0 radical (unpaired) electrons. The second-order valence-electron chi connectivity index (χ2n) is 7.83. The maximum Gasteiger partial charge on any atom is 0.335 e. The van der Waals surface area contributed by atoms with Crippen molar-refractivity contribution in [1.29, 1.82) is 10.5 Å². The molecule has 2 aromatic carbocycles. The van der Waals surface area contributed by atoms with Crippen LogP contribution in [0.5, 0.6) is 5.75 Å². The number of hydrogen-bond acceptors (Lipinski definition) is 6. The van der Waals surface area contributed by atoms with Crippen LogP contribution in [0.1, 0.15) is 50.8 Å². The van der Waals surface area contributed by atoms with E-state index in [0.29, 0.717) is 28.1 Å². The first-order valence-electron chi connectivity index (χ1n) is 10.4. The van der Waals surface area contributed by atoms with Gasteiger partial charge in [-0.15, -0.1) is 0 Å². The molecule has 0 aliphatic heterocycles. The Morgan fingerprint density at radius 2 is 1.82 bits per heavy atom. The Kier molecular flexibility index (Phi) is 5.86. The van der Waals surface area contributed by atoms with Crippen LogP contribution >= 0.6 is 0 Å². The average Bonchev–Trinajstić information content (AvgIpc) is 3.09. The van der Waals surface area contributed by atoms with Crippen LogP contribution in [-0.2, 0) is 6.61 Å². The second kappa shape index (κ2) is 8.93. The van der Waals surface area contributed by atoms with Crippen LogP contribution in [0.2, 0.25) is 0 Å². The smallest absolute Gasteiger partial charge is 0.335 e. The lowest BCUT2D eigenvalue weighted by molar-refractivity contribution is 0.0697. The zero-order valence-electron chi connectivity index (χ0n) is 18.6. The van der Waals surface area contributed by atoms with Crippen molar-refractivity contribution in [3.63, 3.8) is 0 Å². The lowest BCUT2D eigenvalue weighted by atomic mass is 9.95. The van der Waals surface area contributed by atoms with Crippen LogP contribution in [0.25, 0.3) is 17.2 Å². The fourth-order valence-electron chi connectivity index (χ4n) is 3.99. The Bertz CT molecular complexity index is 1470. The van der Waals surface area contributed by atoms with Gasteiger partial charge in [-0.05, 0) is 60.4 Å². The van der Waals surface area contributed by atoms with Crippen molar-refractivity contribution >= 4 is 29.0 Å². The number of nitrogens with two attached hydrogens (primary N) is 1. The van der Waals surface area contributed by atoms with E-state index in [9.17, 15) is 15.3 Å². The third-order valence-corrected chi connectivity index (χ3v) is 5.80. The maximum absolute atomic E-state index is 11.1. The zero-order chi connectivity index (χ0) is 24.4. The molecule has 7 heteroatoms. The molecule has 0 unspecified atom stereocenters. The van der Waals surface area contributed by atoms with Crippen LogP contribution in [0.3, 0.4) is 0 Å². The first kappa shape index (κ1) is 22.3. The number of allylic oxidation sites excluding steroid dienone is 3. The average molecular weight is 448 g/mol. The minimum absolute atomic E-state index is 0.109. The summed E-state index contributed by atoms with van der Waals surface area (Å²) in [5.41, 5.74) is 12.0. The molecule has 0 saturated carbocycles. The third kappa shape index (κ3) is 3.87. The number of carbonyl (C=O) groups is 1. The summed E-state index contributed by atoms with van der Waals surface area (Å²) in [6.45, 7) is 3.91. The molecule has 34 heavy (non-hydrogen) atoms. The molecular weight excluding hydrogens is 428 g/mol. The first-order chi connectivity index (χ1) is 16.3. The summed E-state index contributed by atoms with van der Waals surface area (Å²) in [7, 11) is 0. The van der Waals surface area contributed by atoms with Crippen molar-refractivity contribution in [2.24, 2.45) is 0 Å². The molecule has 0 spiro atoms. The number of hydrogen-bond donors (Lipinski definition) is 2. The number of rotatable bonds is 5. The van der Waals surface area contributed by atoms with Gasteiger partial charge in [-0.1, -0.05) is 30.3 Å². The Hall–Kier alpha value is -4.88. The first-order valence-corrected chi connectivity index (χ1v) is 10.4. The van der Waals surface area contributed by atoms with Gasteiger partial charge in [-0.25, -0.2) is 9.78 Å². The number of nitrogen functional groups attached to an aromatic ring is 1. The van der Waals surface area contributed by atoms with Gasteiger partial charge in [-0.2, -0.15) is 10.5 Å². The molecule has 0 amide bonds. The summed E-state index contributed by atoms with van der Waals surface area (Å²) in [5.74, 6) is -0.246. The SMILES string of the molecule is CC1=C(C#N)c2nc(N)c(C#N)c(C)c2/C1=C\c1ccccc1OCc1ccc(C(=O)O)cc1. The molecule has 7 nitrogen and oxygen atoms in total. The summed E-state index contributed by atoms with van der Waals surface area (Å²) in [6.07, 6.45) is 1.92. The van der Waals surface area contributed by atoms with Crippen molar-refractivity contribution in [2.45, 2.75) is 20.5 Å². The van der Waals surface area contributed by atoms with E-state index < -0.39 is 5.97 Å². The number of carboxylic acids is 1. The molecule has 1 heterocycles. The number of fused-ring (bicyclic) bond motifs is 1. The number of ether oxygens (including phenoxy) is 1. The summed E-state index contributed by atoms with van der Waals surface area (Å²) >= 11 is 0. The third-order valence-electron chi connectivity index (χ3n) is 5.80. The molecule has 4 rings (SSSR count). The van der Waals surface area contributed by atoms with Gasteiger partial charge in [0.15, 0.2) is 0 Å². The zero-order valence-corrected chi connectivity index (χ0v) is 18.6. The lowest BCUT2D eigenvalue weighted by Crippen LogP contribution is -2.04. The highest BCUT2D eigenvalue weighted by Crippen LogP contribution is 2.44. The van der Waals surface area contributed by atoms with Crippen LogP contribution < -0.4 is 10.5 Å². The van der Waals surface area contributed by atoms with Crippen LogP contribution in [0.4, 0.5) is 5.82 Å². The molecular formula is C27H20N4O3. The Morgan fingerprint density at radius 1 is 1.12 bits per heavy atom. The molecule has 166 valence electrons. The Morgan fingerprint density at radius 3 is 2.47 bits per heavy atom. The number of pyridine rings is 1. The van der Waals surface area contributed by atoms with E-state index in [2.05, 4.69) is 17.1 Å². The minimum atomic E-state index is -0.979. The topological polar surface area (TPSA) is 133 Å². The quantitative estimate of drug-likeness (QED) is 0.563. The number of benzene rings is 2. The number of nitriles is 2. The number of aromatic nitrogens is 1. The van der Waals surface area contributed by atoms with Crippen molar-refractivity contribution in [3.05, 3.63) is 93.2 Å². The molecule has 0 bridgehead atoms. The second-order valence-corrected chi connectivity index (χ2v) is 7.83. The van der Waals surface area contributed by atoms with Gasteiger partial charge in [0.1, 0.15) is 30.3 Å². The molecule has 1 aliphatic rings. The monoisotopic (exact) mass is 448 g/mol. The van der Waals surface area contributed by atoms with E-state index in [1.54, 1.807) is 19.1 Å². The van der Waals surface area contributed by atoms with Crippen molar-refractivity contribution < 1.29 is 14.6 Å². The minimum Gasteiger partial charge on any atom is -0.488 e. The standard InChI is InChI=1S/C27H20N4O3/c1-15-20(24-16(2)22(13-29)26(30)31-25(24)21(15)12-28)11-19-5-3-4-6-23(19)34-14-17-7-9-18(10-8-17)27(32)33/h3-11H,14H2,1-2H3,(H2,30,31)(H,32,33)/b20-11-. The van der Waals surface area contributed by atoms with Crippen LogP contribution in [0.15, 0.2) is 54.1 Å². The molecule has 1 aromatic heterocycles. The summed E-state index contributed by atoms with van der Waals surface area (Å²) in [5, 5.41) is 28.4. The van der Waals surface area contributed by atoms with Gasteiger partial charge in [0.2, 0.25) is 0 Å².